The standard InChI is InChI=1S/C15H12BrN3O/c16-13(10-12-6-2-1-3-7-12)11-18-19-15(20)14-8-4-5-9-17-14/h1-11H,(H,19,20)/b13-10+,18-11-. The Morgan fingerprint density at radius 2 is 1.90 bits per heavy atom. The minimum atomic E-state index is -0.345. The fourth-order valence-electron chi connectivity index (χ4n) is 1.45. The largest absolute Gasteiger partial charge is 0.289 e. The lowest BCUT2D eigenvalue weighted by atomic mass is 10.2. The molecule has 0 fully saturated rings. The van der Waals surface area contributed by atoms with E-state index in [-0.39, 0.29) is 5.91 Å². The molecule has 4 nitrogen and oxygen atoms in total. The van der Waals surface area contributed by atoms with E-state index in [2.05, 4.69) is 31.4 Å². The molecule has 2 aromatic rings. The molecule has 0 aliphatic heterocycles. The molecule has 0 radical (unpaired) electrons. The van der Waals surface area contributed by atoms with Crippen LogP contribution in [0.4, 0.5) is 0 Å². The molecule has 0 bridgehead atoms. The summed E-state index contributed by atoms with van der Waals surface area (Å²) >= 11 is 3.37. The van der Waals surface area contributed by atoms with E-state index in [1.165, 1.54) is 6.21 Å². The van der Waals surface area contributed by atoms with Gasteiger partial charge in [-0.2, -0.15) is 5.10 Å². The second-order valence-electron chi connectivity index (χ2n) is 3.85. The van der Waals surface area contributed by atoms with Crippen LogP contribution in [0.1, 0.15) is 16.1 Å². The molecule has 5 heteroatoms. The Kier molecular flexibility index (Phi) is 5.20. The summed E-state index contributed by atoms with van der Waals surface area (Å²) in [6.45, 7) is 0. The average molecular weight is 330 g/mol. The van der Waals surface area contributed by atoms with Crippen molar-refractivity contribution in [3.05, 3.63) is 70.5 Å². The lowest BCUT2D eigenvalue weighted by Gasteiger charge is -1.97. The molecule has 100 valence electrons. The van der Waals surface area contributed by atoms with Crippen molar-refractivity contribution in [1.82, 2.24) is 10.4 Å². The van der Waals surface area contributed by atoms with Crippen molar-refractivity contribution in [3.8, 4) is 0 Å². The molecule has 2 rings (SSSR count). The Balaban J connectivity index is 1.94. The van der Waals surface area contributed by atoms with Gasteiger partial charge in [0, 0.05) is 10.7 Å². The lowest BCUT2D eigenvalue weighted by Crippen LogP contribution is -2.18. The van der Waals surface area contributed by atoms with E-state index in [1.54, 1.807) is 24.4 Å². The molecule has 0 spiro atoms. The summed E-state index contributed by atoms with van der Waals surface area (Å²) in [6.07, 6.45) is 4.98. The zero-order valence-electron chi connectivity index (χ0n) is 10.5. The zero-order valence-corrected chi connectivity index (χ0v) is 12.1. The van der Waals surface area contributed by atoms with E-state index in [0.29, 0.717) is 5.69 Å². The highest BCUT2D eigenvalue weighted by Gasteiger charge is 2.03. The molecule has 1 N–H and O–H groups in total. The van der Waals surface area contributed by atoms with Gasteiger partial charge in [0.25, 0.3) is 5.91 Å². The molecular formula is C15H12BrN3O. The van der Waals surface area contributed by atoms with Crippen LogP contribution in [-0.4, -0.2) is 17.1 Å². The number of hydrogen-bond donors (Lipinski definition) is 1. The molecule has 0 saturated carbocycles. The van der Waals surface area contributed by atoms with E-state index < -0.39 is 0 Å². The molecule has 20 heavy (non-hydrogen) atoms. The van der Waals surface area contributed by atoms with Crippen molar-refractivity contribution in [3.63, 3.8) is 0 Å². The van der Waals surface area contributed by atoms with Crippen LogP contribution in [-0.2, 0) is 0 Å². The van der Waals surface area contributed by atoms with E-state index in [1.807, 2.05) is 36.4 Å². The van der Waals surface area contributed by atoms with Crippen LogP contribution in [0.5, 0.6) is 0 Å². The molecular weight excluding hydrogens is 318 g/mol. The number of allylic oxidation sites excluding steroid dienone is 1. The van der Waals surface area contributed by atoms with Gasteiger partial charge in [0.05, 0.1) is 6.21 Å². The van der Waals surface area contributed by atoms with Crippen LogP contribution in [0.25, 0.3) is 6.08 Å². The van der Waals surface area contributed by atoms with Crippen molar-refractivity contribution < 1.29 is 4.79 Å². The Bertz CT molecular complexity index is 624. The van der Waals surface area contributed by atoms with E-state index >= 15 is 0 Å². The van der Waals surface area contributed by atoms with Crippen LogP contribution in [0, 0.1) is 0 Å². The molecule has 1 amide bonds. The van der Waals surface area contributed by atoms with Gasteiger partial charge in [-0.25, -0.2) is 5.43 Å². The minimum absolute atomic E-state index is 0.327. The number of carbonyl (C=O) groups excluding carboxylic acids is 1. The smallest absolute Gasteiger partial charge is 0.266 e. The van der Waals surface area contributed by atoms with Crippen molar-refractivity contribution in [1.29, 1.82) is 0 Å². The van der Waals surface area contributed by atoms with Gasteiger partial charge in [0.15, 0.2) is 0 Å². The highest BCUT2D eigenvalue weighted by atomic mass is 79.9. The second-order valence-corrected chi connectivity index (χ2v) is 4.77. The molecule has 0 saturated heterocycles. The number of benzene rings is 1. The minimum Gasteiger partial charge on any atom is -0.266 e. The number of nitrogens with zero attached hydrogens (tertiary/aromatic N) is 2. The van der Waals surface area contributed by atoms with Crippen molar-refractivity contribution in [2.45, 2.75) is 0 Å². The summed E-state index contributed by atoms with van der Waals surface area (Å²) in [5.41, 5.74) is 3.78. The SMILES string of the molecule is O=C(N/N=C\C(Br)=C/c1ccccc1)c1ccccn1. The van der Waals surface area contributed by atoms with Gasteiger partial charge < -0.3 is 0 Å². The number of pyridine rings is 1. The van der Waals surface area contributed by atoms with E-state index in [0.717, 1.165) is 10.0 Å². The summed E-state index contributed by atoms with van der Waals surface area (Å²) in [5.74, 6) is -0.345. The van der Waals surface area contributed by atoms with Crippen LogP contribution in [0.2, 0.25) is 0 Å². The number of hydrogen-bond acceptors (Lipinski definition) is 3. The fourth-order valence-corrected chi connectivity index (χ4v) is 1.82. The predicted octanol–water partition coefficient (Wildman–Crippen LogP) is 3.23. The first-order valence-electron chi connectivity index (χ1n) is 5.92. The summed E-state index contributed by atoms with van der Waals surface area (Å²) in [6, 6.07) is 14.9. The maximum Gasteiger partial charge on any atom is 0.289 e. The van der Waals surface area contributed by atoms with Gasteiger partial charge >= 0.3 is 0 Å². The third-order valence-corrected chi connectivity index (χ3v) is 2.79. The first kappa shape index (κ1) is 14.1. The third-order valence-electron chi connectivity index (χ3n) is 2.36. The molecule has 1 heterocycles. The zero-order chi connectivity index (χ0) is 14.2. The van der Waals surface area contributed by atoms with Crippen molar-refractivity contribution in [2.24, 2.45) is 5.10 Å². The van der Waals surface area contributed by atoms with Crippen molar-refractivity contribution in [2.75, 3.05) is 0 Å². The van der Waals surface area contributed by atoms with Crippen LogP contribution >= 0.6 is 15.9 Å². The Hall–Kier alpha value is -2.27. The summed E-state index contributed by atoms with van der Waals surface area (Å²) < 4.78 is 0.755. The van der Waals surface area contributed by atoms with Gasteiger partial charge in [-0.1, -0.05) is 36.4 Å². The number of aromatic nitrogens is 1. The van der Waals surface area contributed by atoms with E-state index in [9.17, 15) is 4.79 Å². The first-order valence-corrected chi connectivity index (χ1v) is 6.72. The lowest BCUT2D eigenvalue weighted by molar-refractivity contribution is 0.0950. The number of nitrogens with one attached hydrogen (secondary N) is 1. The van der Waals surface area contributed by atoms with Gasteiger partial charge in [-0.15, -0.1) is 0 Å². The summed E-state index contributed by atoms with van der Waals surface area (Å²) in [7, 11) is 0. The quantitative estimate of drug-likeness (QED) is 0.691. The molecule has 0 aliphatic rings. The molecule has 0 unspecified atom stereocenters. The van der Waals surface area contributed by atoms with Gasteiger partial charge in [0.2, 0.25) is 0 Å². The molecule has 1 aromatic heterocycles. The Morgan fingerprint density at radius 1 is 1.15 bits per heavy atom. The maximum atomic E-state index is 11.7. The highest BCUT2D eigenvalue weighted by molar-refractivity contribution is 9.12. The number of amides is 1. The fraction of sp³-hybridized carbons (Fsp3) is 0. The molecule has 1 aromatic carbocycles. The first-order chi connectivity index (χ1) is 9.75. The van der Waals surface area contributed by atoms with Crippen molar-refractivity contribution >= 4 is 34.1 Å². The normalized spacial score (nSPS) is 11.6. The summed E-state index contributed by atoms with van der Waals surface area (Å²) in [5, 5.41) is 3.86. The van der Waals surface area contributed by atoms with Crippen LogP contribution in [0.15, 0.2) is 64.3 Å². The van der Waals surface area contributed by atoms with Gasteiger partial charge in [0.1, 0.15) is 5.69 Å². The number of hydrazone groups is 1. The maximum absolute atomic E-state index is 11.7. The third kappa shape index (κ3) is 4.44. The van der Waals surface area contributed by atoms with Gasteiger partial charge in [-0.3, -0.25) is 9.78 Å². The Labute approximate surface area is 125 Å². The van der Waals surface area contributed by atoms with E-state index in [4.69, 9.17) is 0 Å². The Morgan fingerprint density at radius 3 is 2.60 bits per heavy atom. The summed E-state index contributed by atoms with van der Waals surface area (Å²) in [4.78, 5) is 15.6. The second kappa shape index (κ2) is 7.35. The monoisotopic (exact) mass is 329 g/mol. The number of halogens is 1. The topological polar surface area (TPSA) is 54.4 Å². The van der Waals surface area contributed by atoms with Crippen LogP contribution < -0.4 is 5.43 Å². The average Bonchev–Trinajstić information content (AvgIpc) is 2.49. The number of rotatable bonds is 4. The van der Waals surface area contributed by atoms with Crippen LogP contribution in [0.3, 0.4) is 0 Å². The predicted molar refractivity (Wildman–Crippen MR) is 83.5 cm³/mol. The molecule has 0 atom stereocenters. The number of carbonyl (C=O) groups is 1. The molecule has 0 aliphatic carbocycles. The van der Waals surface area contributed by atoms with Gasteiger partial charge in [-0.05, 0) is 39.7 Å². The highest BCUT2D eigenvalue weighted by Crippen LogP contribution is 2.09.